The summed E-state index contributed by atoms with van der Waals surface area (Å²) in [5.41, 5.74) is 2.73. The van der Waals surface area contributed by atoms with Gasteiger partial charge in [-0.25, -0.2) is 9.97 Å². The molecule has 0 spiro atoms. The summed E-state index contributed by atoms with van der Waals surface area (Å²) in [7, 11) is 0. The first kappa shape index (κ1) is 15.3. The summed E-state index contributed by atoms with van der Waals surface area (Å²) in [4.78, 5) is 29.8. The van der Waals surface area contributed by atoms with Crippen LogP contribution in [0.1, 0.15) is 21.6 Å². The Balaban J connectivity index is 1.69. The zero-order chi connectivity index (χ0) is 17.1. The highest BCUT2D eigenvalue weighted by Gasteiger charge is 2.17. The van der Waals surface area contributed by atoms with Crippen LogP contribution in [-0.4, -0.2) is 25.7 Å². The average Bonchev–Trinajstić information content (AvgIpc) is 3.15. The number of nitrogens with one attached hydrogen (secondary N) is 1. The molecule has 0 unspecified atom stereocenters. The van der Waals surface area contributed by atoms with Crippen molar-refractivity contribution in [3.63, 3.8) is 0 Å². The Bertz CT molecular complexity index is 1020. The second-order valence-corrected chi connectivity index (χ2v) is 6.23. The van der Waals surface area contributed by atoms with Crippen molar-refractivity contribution >= 4 is 33.3 Å². The van der Waals surface area contributed by atoms with Gasteiger partial charge in [-0.3, -0.25) is 14.8 Å². The van der Waals surface area contributed by atoms with Crippen molar-refractivity contribution in [2.45, 2.75) is 6.54 Å². The topological polar surface area (TPSA) is 80.7 Å². The summed E-state index contributed by atoms with van der Waals surface area (Å²) in [6, 6.07) is 9.10. The van der Waals surface area contributed by atoms with Crippen molar-refractivity contribution in [2.75, 3.05) is 5.32 Å². The number of thiophene rings is 1. The van der Waals surface area contributed by atoms with Gasteiger partial charge < -0.3 is 5.32 Å². The number of pyridine rings is 2. The first-order chi connectivity index (χ1) is 12.3. The first-order valence-corrected chi connectivity index (χ1v) is 8.52. The van der Waals surface area contributed by atoms with Crippen molar-refractivity contribution in [3.8, 4) is 0 Å². The molecule has 0 aromatic carbocycles. The monoisotopic (exact) mass is 347 g/mol. The third kappa shape index (κ3) is 3.22. The van der Waals surface area contributed by atoms with Crippen LogP contribution in [0.25, 0.3) is 10.2 Å². The summed E-state index contributed by atoms with van der Waals surface area (Å²) in [6.45, 7) is 0.534. The molecular weight excluding hydrogens is 334 g/mol. The summed E-state index contributed by atoms with van der Waals surface area (Å²) < 4.78 is 0.786. The molecule has 0 saturated carbocycles. The normalized spacial score (nSPS) is 10.7. The Kier molecular flexibility index (Phi) is 4.14. The van der Waals surface area contributed by atoms with Gasteiger partial charge in [0.1, 0.15) is 5.69 Å². The van der Waals surface area contributed by atoms with Gasteiger partial charge in [-0.1, -0.05) is 6.07 Å². The van der Waals surface area contributed by atoms with Crippen LogP contribution in [0, 0.1) is 0 Å². The number of hydrogen-bond donors (Lipinski definition) is 1. The van der Waals surface area contributed by atoms with Crippen LogP contribution in [0.4, 0.5) is 5.95 Å². The van der Waals surface area contributed by atoms with Crippen LogP contribution in [0.3, 0.4) is 0 Å². The van der Waals surface area contributed by atoms with E-state index in [9.17, 15) is 4.79 Å². The summed E-state index contributed by atoms with van der Waals surface area (Å²) in [5, 5.41) is 5.08. The number of aromatic nitrogens is 4. The van der Waals surface area contributed by atoms with E-state index in [2.05, 4.69) is 25.3 Å². The maximum atomic E-state index is 12.8. The molecule has 25 heavy (non-hydrogen) atoms. The minimum Gasteiger partial charge on any atom is -0.350 e. The van der Waals surface area contributed by atoms with E-state index in [1.807, 2.05) is 23.6 Å². The fourth-order valence-corrected chi connectivity index (χ4v) is 3.24. The van der Waals surface area contributed by atoms with E-state index in [0.29, 0.717) is 23.8 Å². The summed E-state index contributed by atoms with van der Waals surface area (Å²) >= 11 is 1.46. The van der Waals surface area contributed by atoms with Crippen LogP contribution in [0.2, 0.25) is 0 Å². The van der Waals surface area contributed by atoms with Crippen LogP contribution in [0.5, 0.6) is 0 Å². The molecule has 4 aromatic heterocycles. The lowest BCUT2D eigenvalue weighted by molar-refractivity contribution is 0.103. The predicted molar refractivity (Wildman–Crippen MR) is 96.6 cm³/mol. The molecule has 4 aromatic rings. The minimum absolute atomic E-state index is 0.137. The third-order valence-electron chi connectivity index (χ3n) is 3.63. The van der Waals surface area contributed by atoms with Crippen LogP contribution in [-0.2, 0) is 6.54 Å². The van der Waals surface area contributed by atoms with E-state index >= 15 is 0 Å². The lowest BCUT2D eigenvalue weighted by atomic mass is 10.1. The molecule has 1 N–H and O–H groups in total. The van der Waals surface area contributed by atoms with E-state index in [-0.39, 0.29) is 5.78 Å². The number of carbonyl (C=O) groups is 1. The molecule has 0 aliphatic rings. The highest BCUT2D eigenvalue weighted by atomic mass is 32.1. The van der Waals surface area contributed by atoms with Gasteiger partial charge in [0.15, 0.2) is 0 Å². The quantitative estimate of drug-likeness (QED) is 0.558. The van der Waals surface area contributed by atoms with Crippen LogP contribution < -0.4 is 5.32 Å². The van der Waals surface area contributed by atoms with Gasteiger partial charge in [0, 0.05) is 36.9 Å². The zero-order valence-electron chi connectivity index (χ0n) is 13.1. The van der Waals surface area contributed by atoms with Gasteiger partial charge in [0.25, 0.3) is 0 Å². The van der Waals surface area contributed by atoms with E-state index in [4.69, 9.17) is 0 Å². The number of anilines is 1. The predicted octanol–water partition coefficient (Wildman–Crippen LogP) is 3.32. The Morgan fingerprint density at radius 1 is 1.04 bits per heavy atom. The van der Waals surface area contributed by atoms with E-state index in [0.717, 1.165) is 15.8 Å². The van der Waals surface area contributed by atoms with Crippen molar-refractivity contribution in [3.05, 3.63) is 77.3 Å². The highest BCUT2D eigenvalue weighted by Crippen LogP contribution is 2.25. The van der Waals surface area contributed by atoms with Crippen molar-refractivity contribution in [2.24, 2.45) is 0 Å². The Hall–Kier alpha value is -3.19. The van der Waals surface area contributed by atoms with Gasteiger partial charge >= 0.3 is 0 Å². The molecule has 0 aliphatic carbocycles. The van der Waals surface area contributed by atoms with Gasteiger partial charge in [-0.05, 0) is 35.2 Å². The second-order valence-electron chi connectivity index (χ2n) is 5.31. The summed E-state index contributed by atoms with van der Waals surface area (Å²) in [6.07, 6.45) is 6.70. The molecule has 4 rings (SSSR count). The minimum atomic E-state index is -0.137. The number of carbonyl (C=O) groups excluding carboxylic acids is 1. The fourth-order valence-electron chi connectivity index (χ4n) is 2.42. The Labute approximate surface area is 147 Å². The summed E-state index contributed by atoms with van der Waals surface area (Å²) in [5.74, 6) is 0.286. The Morgan fingerprint density at radius 3 is 2.72 bits per heavy atom. The second kappa shape index (κ2) is 6.74. The van der Waals surface area contributed by atoms with E-state index < -0.39 is 0 Å². The number of hydrogen-bond acceptors (Lipinski definition) is 7. The SMILES string of the molecule is O=C(c1ccncc1)c1nc(NCc2cccnc2)nc2ccsc12. The first-order valence-electron chi connectivity index (χ1n) is 7.64. The average molecular weight is 347 g/mol. The smallest absolute Gasteiger partial charge is 0.224 e. The lowest BCUT2D eigenvalue weighted by Crippen LogP contribution is -2.10. The van der Waals surface area contributed by atoms with Crippen molar-refractivity contribution in [1.29, 1.82) is 0 Å². The number of fused-ring (bicyclic) bond motifs is 1. The molecule has 0 fully saturated rings. The highest BCUT2D eigenvalue weighted by molar-refractivity contribution is 7.17. The third-order valence-corrected chi connectivity index (χ3v) is 4.54. The van der Waals surface area contributed by atoms with E-state index in [1.54, 1.807) is 36.9 Å². The zero-order valence-corrected chi connectivity index (χ0v) is 13.9. The molecule has 122 valence electrons. The molecule has 0 atom stereocenters. The number of rotatable bonds is 5. The molecule has 0 aliphatic heterocycles. The molecule has 6 nitrogen and oxygen atoms in total. The molecule has 0 amide bonds. The van der Waals surface area contributed by atoms with E-state index in [1.165, 1.54) is 11.3 Å². The fraction of sp³-hybridized carbons (Fsp3) is 0.0556. The molecular formula is C18H13N5OS. The van der Waals surface area contributed by atoms with Gasteiger partial charge in [0.05, 0.1) is 10.2 Å². The molecule has 4 heterocycles. The largest absolute Gasteiger partial charge is 0.350 e. The molecule has 7 heteroatoms. The number of nitrogens with zero attached hydrogens (tertiary/aromatic N) is 4. The van der Waals surface area contributed by atoms with Crippen molar-refractivity contribution in [1.82, 2.24) is 19.9 Å². The Morgan fingerprint density at radius 2 is 1.92 bits per heavy atom. The molecule has 0 saturated heterocycles. The maximum absolute atomic E-state index is 12.8. The molecule has 0 bridgehead atoms. The van der Waals surface area contributed by atoms with Crippen LogP contribution >= 0.6 is 11.3 Å². The molecule has 0 radical (unpaired) electrons. The lowest BCUT2D eigenvalue weighted by Gasteiger charge is -2.08. The number of ketones is 1. The van der Waals surface area contributed by atoms with Gasteiger partial charge in [0.2, 0.25) is 11.7 Å². The maximum Gasteiger partial charge on any atom is 0.224 e. The van der Waals surface area contributed by atoms with Gasteiger partial charge in [-0.2, -0.15) is 0 Å². The van der Waals surface area contributed by atoms with Crippen molar-refractivity contribution < 1.29 is 4.79 Å². The van der Waals surface area contributed by atoms with Crippen LogP contribution in [0.15, 0.2) is 60.5 Å². The van der Waals surface area contributed by atoms with Gasteiger partial charge in [-0.15, -0.1) is 11.3 Å². The standard InChI is InChI=1S/C18H13N5OS/c24-16(13-3-7-19-8-4-13)15-17-14(5-9-25-17)22-18(23-15)21-11-12-2-1-6-20-10-12/h1-10H,11H2,(H,21,22,23).